The van der Waals surface area contributed by atoms with Crippen LogP contribution in [-0.4, -0.2) is 28.4 Å². The van der Waals surface area contributed by atoms with Gasteiger partial charge in [-0.15, -0.1) is 0 Å². The Morgan fingerprint density at radius 3 is 2.25 bits per heavy atom. The predicted molar refractivity (Wildman–Crippen MR) is 105 cm³/mol. The van der Waals surface area contributed by atoms with E-state index < -0.39 is 36.8 Å². The van der Waals surface area contributed by atoms with Crippen LogP contribution < -0.4 is 11.4 Å². The van der Waals surface area contributed by atoms with Crippen molar-refractivity contribution in [2.75, 3.05) is 14.1 Å². The van der Waals surface area contributed by atoms with Gasteiger partial charge in [0.1, 0.15) is 5.54 Å². The molecule has 1 aliphatic carbocycles. The summed E-state index contributed by atoms with van der Waals surface area (Å²) in [5.41, 5.74) is -1.99. The van der Waals surface area contributed by atoms with Crippen LogP contribution in [-0.2, 0) is 20.8 Å². The zero-order valence-electron chi connectivity index (χ0n) is 20.9. The first-order valence-corrected chi connectivity index (χ1v) is 8.47. The molecule has 2 aromatic carbocycles. The monoisotopic (exact) mass is 385 g/mol. The molecule has 1 N–H and O–H groups in total. The number of H-pyrrole nitrogens is 1. The largest absolute Gasteiger partial charge is 0.352 e. The van der Waals surface area contributed by atoms with Gasteiger partial charge in [-0.05, 0) is 30.7 Å². The molecule has 0 aliphatic heterocycles. The fraction of sp³-hybridized carbons (Fsp3) is 0.238. The molecule has 1 aromatic heterocycles. The van der Waals surface area contributed by atoms with E-state index in [1.807, 2.05) is 0 Å². The van der Waals surface area contributed by atoms with E-state index in [4.69, 9.17) is 17.7 Å². The van der Waals surface area contributed by atoms with E-state index >= 15 is 0 Å². The van der Waals surface area contributed by atoms with E-state index in [0.29, 0.717) is 11.3 Å². The number of nitrogens with one attached hydrogen (secondary N) is 1. The van der Waals surface area contributed by atoms with Gasteiger partial charge < -0.3 is 9.47 Å². The van der Waals surface area contributed by atoms with Crippen LogP contribution in [0.3, 0.4) is 0 Å². The lowest BCUT2D eigenvalue weighted by Gasteiger charge is -2.40. The molecule has 0 saturated heterocycles. The van der Waals surface area contributed by atoms with Crippen molar-refractivity contribution >= 4 is 0 Å². The Morgan fingerprint density at radius 1 is 0.929 bits per heavy atom. The second-order valence-electron chi connectivity index (χ2n) is 6.60. The Morgan fingerprint density at radius 2 is 1.57 bits per heavy atom. The van der Waals surface area contributed by atoms with Crippen LogP contribution >= 0.6 is 0 Å². The average molecular weight is 385 g/mol. The van der Waals surface area contributed by atoms with Crippen molar-refractivity contribution < 1.29 is 17.7 Å². The van der Waals surface area contributed by atoms with Crippen molar-refractivity contribution in [3.63, 3.8) is 0 Å². The molecule has 7 nitrogen and oxygen atoms in total. The summed E-state index contributed by atoms with van der Waals surface area (Å²) < 4.78 is 57.9. The van der Waals surface area contributed by atoms with Crippen molar-refractivity contribution in [3.8, 4) is 5.69 Å². The fourth-order valence-electron chi connectivity index (χ4n) is 3.57. The Bertz CT molecular complexity index is 1340. The lowest BCUT2D eigenvalue weighted by atomic mass is 9.80. The van der Waals surface area contributed by atoms with Gasteiger partial charge in [-0.1, -0.05) is 48.5 Å². The molecular weight excluding hydrogens is 358 g/mol. The van der Waals surface area contributed by atoms with E-state index in [-0.39, 0.29) is 5.56 Å². The normalized spacial score (nSPS) is 24.2. The summed E-state index contributed by atoms with van der Waals surface area (Å²) in [4.78, 5) is 26.1. The highest BCUT2D eigenvalue weighted by molar-refractivity contribution is 5.46. The van der Waals surface area contributed by atoms with Gasteiger partial charge in [-0.3, -0.25) is 0 Å². The number of rotatable bonds is 4. The zero-order valence-corrected chi connectivity index (χ0v) is 14.9. The molecule has 28 heavy (non-hydrogen) atoms. The molecule has 0 spiro atoms. The van der Waals surface area contributed by atoms with Gasteiger partial charge in [-0.25, -0.2) is 23.9 Å². The number of fused-ring (bicyclic) bond motifs is 1. The van der Waals surface area contributed by atoms with Crippen LogP contribution in [0, 0.1) is 0 Å². The summed E-state index contributed by atoms with van der Waals surface area (Å²) in [5.74, 6) is -2.29. The molecule has 1 atom stereocenters. The smallest absolute Gasteiger partial charge is 0.346 e. The van der Waals surface area contributed by atoms with Crippen LogP contribution in [0.4, 0.5) is 0 Å². The van der Waals surface area contributed by atoms with Crippen molar-refractivity contribution in [1.29, 1.82) is 0 Å². The summed E-state index contributed by atoms with van der Waals surface area (Å²) in [7, 11) is -6.03. The first-order valence-electron chi connectivity index (χ1n) is 11.5. The maximum absolute atomic E-state index is 13.3. The zero-order chi connectivity index (χ0) is 24.9. The third-order valence-electron chi connectivity index (χ3n) is 5.05. The molecule has 4 rings (SSSR count). The molecule has 3 aromatic rings. The quantitative estimate of drug-likeness (QED) is 0.551. The SMILES string of the molecule is [2H]C([2H])([2H])OC1(OC([2H])([2H])[2H])C=CC(C)(n2[nH]c(=O)n(-c3ccccc3)c2=O)c2ccccc21. The maximum atomic E-state index is 13.3. The molecule has 1 aliphatic rings. The number of nitrogens with zero attached hydrogens (tertiary/aromatic N) is 2. The van der Waals surface area contributed by atoms with Gasteiger partial charge in [0, 0.05) is 19.6 Å². The van der Waals surface area contributed by atoms with E-state index in [1.165, 1.54) is 12.1 Å². The average Bonchev–Trinajstić information content (AvgIpc) is 3.04. The minimum Gasteiger partial charge on any atom is -0.346 e. The molecule has 0 fully saturated rings. The lowest BCUT2D eigenvalue weighted by molar-refractivity contribution is -0.180. The Kier molecular flexibility index (Phi) is 2.85. The van der Waals surface area contributed by atoms with Crippen molar-refractivity contribution in [2.24, 2.45) is 0 Å². The van der Waals surface area contributed by atoms with Crippen LogP contribution in [0.1, 0.15) is 26.3 Å². The number of aromatic nitrogens is 3. The van der Waals surface area contributed by atoms with Crippen molar-refractivity contribution in [1.82, 2.24) is 14.3 Å². The second kappa shape index (κ2) is 6.47. The van der Waals surface area contributed by atoms with Gasteiger partial charge in [-0.2, -0.15) is 0 Å². The number of ether oxygens (including phenoxy) is 2. The second-order valence-corrected chi connectivity index (χ2v) is 6.60. The third kappa shape index (κ3) is 2.44. The van der Waals surface area contributed by atoms with Crippen molar-refractivity contribution in [2.45, 2.75) is 18.2 Å². The minimum atomic E-state index is -3.02. The molecule has 0 radical (unpaired) electrons. The van der Waals surface area contributed by atoms with Crippen LogP contribution in [0.15, 0.2) is 76.3 Å². The highest BCUT2D eigenvalue weighted by atomic mass is 16.7. The molecule has 1 unspecified atom stereocenters. The number of para-hydroxylation sites is 1. The molecule has 0 bridgehead atoms. The molecule has 0 saturated carbocycles. The summed E-state index contributed by atoms with van der Waals surface area (Å²) >= 11 is 0. The summed E-state index contributed by atoms with van der Waals surface area (Å²) in [6.45, 7) is 1.61. The summed E-state index contributed by atoms with van der Waals surface area (Å²) in [6.07, 6.45) is 2.51. The maximum Gasteiger partial charge on any atom is 0.352 e. The molecule has 0 amide bonds. The third-order valence-corrected chi connectivity index (χ3v) is 5.05. The van der Waals surface area contributed by atoms with Crippen LogP contribution in [0.25, 0.3) is 5.69 Å². The van der Waals surface area contributed by atoms with Gasteiger partial charge in [0.2, 0.25) is 5.79 Å². The number of hydrogen-bond donors (Lipinski definition) is 1. The van der Waals surface area contributed by atoms with E-state index in [2.05, 4.69) is 5.10 Å². The molecule has 1 heterocycles. The Hall–Kier alpha value is -3.16. The topological polar surface area (TPSA) is 78.2 Å². The van der Waals surface area contributed by atoms with E-state index in [1.54, 1.807) is 55.5 Å². The highest BCUT2D eigenvalue weighted by Gasteiger charge is 2.43. The van der Waals surface area contributed by atoms with Crippen molar-refractivity contribution in [3.05, 3.63) is 98.8 Å². The number of methoxy groups -OCH3 is 2. The van der Waals surface area contributed by atoms with Crippen LogP contribution in [0.2, 0.25) is 0 Å². The Balaban J connectivity index is 1.95. The number of aromatic amines is 1. The number of hydrogen-bond acceptors (Lipinski definition) is 4. The highest BCUT2D eigenvalue weighted by Crippen LogP contribution is 2.42. The molecular formula is C21H21N3O4. The first kappa shape index (κ1) is 12.3. The van der Waals surface area contributed by atoms with Gasteiger partial charge >= 0.3 is 11.4 Å². The summed E-state index contributed by atoms with van der Waals surface area (Å²) in [6, 6.07) is 14.5. The first-order chi connectivity index (χ1) is 15.8. The molecule has 144 valence electrons. The van der Waals surface area contributed by atoms with E-state index in [9.17, 15) is 9.59 Å². The molecule has 7 heteroatoms. The van der Waals surface area contributed by atoms with Crippen LogP contribution in [0.5, 0.6) is 0 Å². The Labute approximate surface area is 169 Å². The van der Waals surface area contributed by atoms with E-state index in [0.717, 1.165) is 15.3 Å². The minimum absolute atomic E-state index is 0.0625. The van der Waals surface area contributed by atoms with Gasteiger partial charge in [0.15, 0.2) is 0 Å². The standard InChI is InChI=1S/C21H21N3O4/c1-20(13-14-21(27-2,28-3)17-12-8-7-11-16(17)20)24-19(26)23(18(25)22-24)15-9-5-4-6-10-15/h4-14H,1-3H3,(H,22,25)/i2D3,3D3. The van der Waals surface area contributed by atoms with Gasteiger partial charge in [0.05, 0.1) is 13.9 Å². The predicted octanol–water partition coefficient (Wildman–Crippen LogP) is 2.11. The lowest BCUT2D eigenvalue weighted by Crippen LogP contribution is -2.45. The number of allylic oxidation sites excluding steroid dienone is 1. The number of benzene rings is 2. The summed E-state index contributed by atoms with van der Waals surface area (Å²) in [5, 5.41) is 2.54. The van der Waals surface area contributed by atoms with Gasteiger partial charge in [0.25, 0.3) is 0 Å². The fourth-order valence-corrected chi connectivity index (χ4v) is 3.57.